The van der Waals surface area contributed by atoms with Crippen molar-refractivity contribution in [2.24, 2.45) is 0 Å². The highest BCUT2D eigenvalue weighted by Crippen LogP contribution is 2.20. The van der Waals surface area contributed by atoms with Gasteiger partial charge >= 0.3 is 0 Å². The van der Waals surface area contributed by atoms with Crippen molar-refractivity contribution in [2.45, 2.75) is 24.3 Å². The van der Waals surface area contributed by atoms with E-state index in [0.29, 0.717) is 22.9 Å². The Bertz CT molecular complexity index is 1410. The topological polar surface area (TPSA) is 117 Å². The fourth-order valence-electron chi connectivity index (χ4n) is 3.39. The summed E-state index contributed by atoms with van der Waals surface area (Å²) < 4.78 is 42.3. The van der Waals surface area contributed by atoms with Crippen LogP contribution in [0.2, 0.25) is 0 Å². The summed E-state index contributed by atoms with van der Waals surface area (Å²) in [6.45, 7) is 1.78. The number of aromatic amines is 1. The second kappa shape index (κ2) is 9.94. The summed E-state index contributed by atoms with van der Waals surface area (Å²) in [6, 6.07) is 19.7. The van der Waals surface area contributed by atoms with Crippen molar-refractivity contribution in [3.05, 3.63) is 96.1 Å². The fourth-order valence-corrected chi connectivity index (χ4v) is 4.66. The predicted molar refractivity (Wildman–Crippen MR) is 126 cm³/mol. The number of carbonyl (C=O) groups excluding carboxylic acids is 1. The maximum atomic E-state index is 14.2. The molecule has 1 heterocycles. The first-order valence-electron chi connectivity index (χ1n) is 10.4. The van der Waals surface area contributed by atoms with Gasteiger partial charge in [0.05, 0.1) is 0 Å². The quantitative estimate of drug-likeness (QED) is 0.358. The van der Waals surface area contributed by atoms with Gasteiger partial charge in [0, 0.05) is 11.3 Å². The number of anilines is 1. The van der Waals surface area contributed by atoms with Crippen molar-refractivity contribution in [1.29, 1.82) is 0 Å². The van der Waals surface area contributed by atoms with Crippen LogP contribution in [0.15, 0.2) is 83.8 Å². The second-order valence-corrected chi connectivity index (χ2v) is 9.29. The van der Waals surface area contributed by atoms with Gasteiger partial charge < -0.3 is 5.32 Å². The molecule has 1 aromatic heterocycles. The summed E-state index contributed by atoms with van der Waals surface area (Å²) in [7, 11) is -4.31. The molecule has 0 aliphatic heterocycles. The third-order valence-corrected chi connectivity index (χ3v) is 6.51. The Kier molecular flexibility index (Phi) is 6.80. The molecule has 4 aromatic rings. The first-order valence-corrected chi connectivity index (χ1v) is 11.9. The van der Waals surface area contributed by atoms with Crippen molar-refractivity contribution in [3.63, 3.8) is 0 Å². The number of nitrogens with one attached hydrogen (secondary N) is 3. The van der Waals surface area contributed by atoms with Crippen LogP contribution in [0.4, 0.5) is 10.1 Å². The molecule has 34 heavy (non-hydrogen) atoms. The number of aromatic nitrogens is 3. The largest absolute Gasteiger partial charge is 0.325 e. The summed E-state index contributed by atoms with van der Waals surface area (Å²) >= 11 is 0. The number of benzene rings is 3. The third-order valence-electron chi connectivity index (χ3n) is 5.01. The van der Waals surface area contributed by atoms with Gasteiger partial charge in [0.1, 0.15) is 22.6 Å². The van der Waals surface area contributed by atoms with E-state index in [9.17, 15) is 17.6 Å². The number of amides is 1. The molecule has 3 aromatic carbocycles. The van der Waals surface area contributed by atoms with Gasteiger partial charge in [-0.25, -0.2) is 17.8 Å². The molecule has 1 atom stereocenters. The Morgan fingerprint density at radius 1 is 1.03 bits per heavy atom. The molecule has 0 radical (unpaired) electrons. The molecule has 0 bridgehead atoms. The van der Waals surface area contributed by atoms with E-state index in [-0.39, 0.29) is 6.42 Å². The Balaban J connectivity index is 1.60. The van der Waals surface area contributed by atoms with Crippen LogP contribution in [-0.2, 0) is 21.2 Å². The molecule has 0 saturated carbocycles. The minimum atomic E-state index is -4.31. The van der Waals surface area contributed by atoms with Crippen molar-refractivity contribution >= 4 is 21.6 Å². The zero-order valence-corrected chi connectivity index (χ0v) is 19.0. The van der Waals surface area contributed by atoms with E-state index >= 15 is 0 Å². The average Bonchev–Trinajstić information content (AvgIpc) is 3.26. The highest BCUT2D eigenvalue weighted by atomic mass is 32.2. The smallest absolute Gasteiger partial charge is 0.244 e. The zero-order valence-electron chi connectivity index (χ0n) is 18.2. The van der Waals surface area contributed by atoms with Crippen molar-refractivity contribution < 1.29 is 17.6 Å². The number of hydrogen-bond acceptors (Lipinski definition) is 5. The van der Waals surface area contributed by atoms with Crippen LogP contribution in [0, 0.1) is 12.7 Å². The van der Waals surface area contributed by atoms with Gasteiger partial charge in [-0.05, 0) is 43.2 Å². The van der Waals surface area contributed by atoms with Crippen LogP contribution in [-0.4, -0.2) is 35.5 Å². The first-order chi connectivity index (χ1) is 16.3. The van der Waals surface area contributed by atoms with E-state index in [0.717, 1.165) is 17.7 Å². The Hall–Kier alpha value is -3.89. The first kappa shape index (κ1) is 23.3. The Labute approximate surface area is 196 Å². The maximum Gasteiger partial charge on any atom is 0.244 e. The van der Waals surface area contributed by atoms with Gasteiger partial charge in [-0.15, -0.1) is 0 Å². The molecule has 0 saturated heterocycles. The van der Waals surface area contributed by atoms with Crippen LogP contribution < -0.4 is 10.0 Å². The van der Waals surface area contributed by atoms with Gasteiger partial charge in [-0.3, -0.25) is 9.89 Å². The van der Waals surface area contributed by atoms with Gasteiger partial charge in [0.25, 0.3) is 0 Å². The SMILES string of the molecule is Cc1nc(-c2cccc(NC(=O)[C@H](Cc3ccccc3)NS(=O)(=O)c3ccccc3F)c2)n[nH]1. The molecule has 0 spiro atoms. The fraction of sp³-hybridized carbons (Fsp3) is 0.125. The number of nitrogens with zero attached hydrogens (tertiary/aromatic N) is 2. The second-order valence-electron chi connectivity index (χ2n) is 7.61. The summed E-state index contributed by atoms with van der Waals surface area (Å²) in [4.78, 5) is 16.9. The molecule has 0 unspecified atom stereocenters. The highest BCUT2D eigenvalue weighted by Gasteiger charge is 2.28. The van der Waals surface area contributed by atoms with Crippen molar-refractivity contribution in [1.82, 2.24) is 19.9 Å². The Morgan fingerprint density at radius 2 is 1.76 bits per heavy atom. The molecule has 0 aliphatic rings. The van der Waals surface area contributed by atoms with E-state index in [1.54, 1.807) is 55.5 Å². The molecule has 8 nitrogen and oxygen atoms in total. The third kappa shape index (κ3) is 5.53. The van der Waals surface area contributed by atoms with Gasteiger partial charge in [-0.1, -0.05) is 54.6 Å². The Morgan fingerprint density at radius 3 is 2.47 bits per heavy atom. The van der Waals surface area contributed by atoms with E-state index in [1.165, 1.54) is 12.1 Å². The normalized spacial score (nSPS) is 12.3. The number of carbonyl (C=O) groups is 1. The zero-order chi connectivity index (χ0) is 24.1. The standard InChI is InChI=1S/C24H22FN5O3S/c1-16-26-23(29-28-16)18-10-7-11-19(15-18)27-24(31)21(14-17-8-3-2-4-9-17)30-34(32,33)22-13-6-5-12-20(22)25/h2-13,15,21,30H,14H2,1H3,(H,27,31)(H,26,28,29)/t21-/m0/s1. The summed E-state index contributed by atoms with van der Waals surface area (Å²) in [5.74, 6) is -0.375. The summed E-state index contributed by atoms with van der Waals surface area (Å²) in [5.41, 5.74) is 1.85. The van der Waals surface area contributed by atoms with Crippen LogP contribution in [0.1, 0.15) is 11.4 Å². The molecule has 10 heteroatoms. The van der Waals surface area contributed by atoms with E-state index < -0.39 is 32.7 Å². The molecule has 174 valence electrons. The molecule has 4 rings (SSSR count). The lowest BCUT2D eigenvalue weighted by atomic mass is 10.1. The summed E-state index contributed by atoms with van der Waals surface area (Å²) in [5, 5.41) is 9.62. The number of hydrogen-bond donors (Lipinski definition) is 3. The van der Waals surface area contributed by atoms with Gasteiger partial charge in [0.2, 0.25) is 15.9 Å². The minimum absolute atomic E-state index is 0.0696. The predicted octanol–water partition coefficient (Wildman–Crippen LogP) is 3.45. The average molecular weight is 480 g/mol. The van der Waals surface area contributed by atoms with Crippen LogP contribution in [0.25, 0.3) is 11.4 Å². The van der Waals surface area contributed by atoms with E-state index in [4.69, 9.17) is 0 Å². The molecular formula is C24H22FN5O3S. The molecule has 3 N–H and O–H groups in total. The lowest BCUT2D eigenvalue weighted by Crippen LogP contribution is -2.45. The van der Waals surface area contributed by atoms with Crippen molar-refractivity contribution in [3.8, 4) is 11.4 Å². The number of rotatable bonds is 8. The van der Waals surface area contributed by atoms with Gasteiger partial charge in [0.15, 0.2) is 5.82 Å². The van der Waals surface area contributed by atoms with Crippen LogP contribution in [0.3, 0.4) is 0 Å². The van der Waals surface area contributed by atoms with Crippen molar-refractivity contribution in [2.75, 3.05) is 5.32 Å². The van der Waals surface area contributed by atoms with Crippen LogP contribution >= 0.6 is 0 Å². The van der Waals surface area contributed by atoms with E-state index in [2.05, 4.69) is 25.2 Å². The highest BCUT2D eigenvalue weighted by molar-refractivity contribution is 7.89. The monoisotopic (exact) mass is 479 g/mol. The van der Waals surface area contributed by atoms with Crippen LogP contribution in [0.5, 0.6) is 0 Å². The number of halogens is 1. The van der Waals surface area contributed by atoms with Gasteiger partial charge in [-0.2, -0.15) is 9.82 Å². The molecular weight excluding hydrogens is 457 g/mol. The number of H-pyrrole nitrogens is 1. The molecule has 0 fully saturated rings. The number of aryl methyl sites for hydroxylation is 1. The van der Waals surface area contributed by atoms with E-state index in [1.807, 2.05) is 6.07 Å². The maximum absolute atomic E-state index is 14.2. The molecule has 1 amide bonds. The summed E-state index contributed by atoms with van der Waals surface area (Å²) in [6.07, 6.45) is 0.0696. The lowest BCUT2D eigenvalue weighted by Gasteiger charge is -2.19. The lowest BCUT2D eigenvalue weighted by molar-refractivity contribution is -0.117. The molecule has 0 aliphatic carbocycles. The minimum Gasteiger partial charge on any atom is -0.325 e. The number of sulfonamides is 1.